The first-order valence-corrected chi connectivity index (χ1v) is 15.9. The van der Waals surface area contributed by atoms with Gasteiger partial charge in [0.15, 0.2) is 0 Å². The van der Waals surface area contributed by atoms with Crippen molar-refractivity contribution in [1.82, 2.24) is 39.9 Å². The predicted molar refractivity (Wildman–Crippen MR) is 175 cm³/mol. The molecule has 1 atom stereocenters. The second-order valence-electron chi connectivity index (χ2n) is 13.5. The lowest BCUT2D eigenvalue weighted by atomic mass is 9.98. The number of aliphatic hydroxyl groups excluding tert-OH is 1. The van der Waals surface area contributed by atoms with Crippen LogP contribution in [0.1, 0.15) is 73.0 Å². The third-order valence-electron chi connectivity index (χ3n) is 7.81. The molecule has 5 heterocycles. The highest BCUT2D eigenvalue weighted by Gasteiger charge is 2.29. The van der Waals surface area contributed by atoms with Crippen molar-refractivity contribution in [3.8, 4) is 22.5 Å². The predicted octanol–water partition coefficient (Wildman–Crippen LogP) is 5.39. The lowest BCUT2D eigenvalue weighted by molar-refractivity contribution is -0.244. The van der Waals surface area contributed by atoms with Gasteiger partial charge in [0.05, 0.1) is 46.6 Å². The zero-order valence-electron chi connectivity index (χ0n) is 26.8. The molecule has 45 heavy (non-hydrogen) atoms. The maximum atomic E-state index is 12.8. The zero-order chi connectivity index (χ0) is 32.1. The van der Waals surface area contributed by atoms with Crippen LogP contribution in [0.25, 0.3) is 33.5 Å². The molecule has 1 aromatic carbocycles. The smallest absolute Gasteiger partial charge is 0.263 e. The first kappa shape index (κ1) is 31.0. The highest BCUT2D eigenvalue weighted by molar-refractivity contribution is 7.13. The molecular formula is C33H40N8O3S. The molecule has 12 heteroatoms. The molecule has 1 amide bonds. The van der Waals surface area contributed by atoms with E-state index >= 15 is 0 Å². The third kappa shape index (κ3) is 6.55. The molecule has 0 saturated heterocycles. The van der Waals surface area contributed by atoms with Gasteiger partial charge in [0, 0.05) is 41.6 Å². The molecule has 5 aromatic rings. The van der Waals surface area contributed by atoms with Gasteiger partial charge in [-0.15, -0.1) is 11.3 Å². The van der Waals surface area contributed by atoms with Crippen molar-refractivity contribution in [3.63, 3.8) is 0 Å². The molecule has 0 saturated carbocycles. The number of nitrogens with one attached hydrogen (secondary N) is 2. The lowest BCUT2D eigenvalue weighted by Crippen LogP contribution is -2.45. The van der Waals surface area contributed by atoms with Crippen LogP contribution >= 0.6 is 11.3 Å². The van der Waals surface area contributed by atoms with E-state index in [2.05, 4.69) is 63.3 Å². The molecule has 0 fully saturated rings. The number of benzene rings is 1. The Balaban J connectivity index is 1.21. The standard InChI is InChI=1S/C33H40N8O3S/c1-19-12-20(8-9-21(19)14-34-29(42)26-16-35-30(45-26)32(2,3)4)27-22-13-24(39-28(22)37-18-36-27)23-15-38-41-11-10-40(17-25(23)41)31(43)44-33(5,6)7/h8-9,12-13,15-16,18,31,43H,10-11,14,17H2,1-7H3,(H,34,42)(H,36,37,39). The summed E-state index contributed by atoms with van der Waals surface area (Å²) < 4.78 is 7.79. The summed E-state index contributed by atoms with van der Waals surface area (Å²) in [5.41, 5.74) is 6.86. The molecule has 236 valence electrons. The number of thiazole rings is 1. The Kier molecular flexibility index (Phi) is 8.10. The third-order valence-corrected chi connectivity index (χ3v) is 9.24. The van der Waals surface area contributed by atoms with E-state index in [4.69, 9.17) is 4.74 Å². The Hall–Kier alpha value is -3.97. The number of ether oxygens (including phenoxy) is 1. The van der Waals surface area contributed by atoms with E-state index in [-0.39, 0.29) is 11.3 Å². The zero-order valence-corrected chi connectivity index (χ0v) is 27.6. The van der Waals surface area contributed by atoms with Crippen molar-refractivity contribution in [2.45, 2.75) is 85.5 Å². The number of carbonyl (C=O) groups is 1. The number of nitrogens with zero attached hydrogens (tertiary/aromatic N) is 6. The average Bonchev–Trinajstić information content (AvgIpc) is 3.73. The number of aromatic amines is 1. The van der Waals surface area contributed by atoms with Gasteiger partial charge in [-0.3, -0.25) is 9.48 Å². The van der Waals surface area contributed by atoms with Crippen LogP contribution in [-0.2, 0) is 29.8 Å². The second-order valence-corrected chi connectivity index (χ2v) is 14.6. The van der Waals surface area contributed by atoms with Crippen molar-refractivity contribution in [1.29, 1.82) is 0 Å². The van der Waals surface area contributed by atoms with Gasteiger partial charge in [0.1, 0.15) is 16.9 Å². The van der Waals surface area contributed by atoms with E-state index in [0.717, 1.165) is 55.4 Å². The number of carbonyl (C=O) groups excluding carboxylic acids is 1. The summed E-state index contributed by atoms with van der Waals surface area (Å²) in [5, 5.41) is 20.2. The van der Waals surface area contributed by atoms with Gasteiger partial charge in [0.25, 0.3) is 5.91 Å². The fourth-order valence-electron chi connectivity index (χ4n) is 5.41. The number of aryl methyl sites for hydroxylation is 1. The molecule has 0 radical (unpaired) electrons. The van der Waals surface area contributed by atoms with Crippen LogP contribution < -0.4 is 5.32 Å². The van der Waals surface area contributed by atoms with Crippen molar-refractivity contribution < 1.29 is 14.6 Å². The van der Waals surface area contributed by atoms with E-state index in [1.165, 1.54) is 11.3 Å². The molecule has 1 aliphatic heterocycles. The minimum Gasteiger partial charge on any atom is -0.356 e. The average molecular weight is 629 g/mol. The number of aliphatic hydroxyl groups is 1. The first-order chi connectivity index (χ1) is 21.3. The van der Waals surface area contributed by atoms with Crippen LogP contribution in [0.4, 0.5) is 0 Å². The van der Waals surface area contributed by atoms with Crippen molar-refractivity contribution in [3.05, 3.63) is 69.7 Å². The van der Waals surface area contributed by atoms with E-state index in [1.807, 2.05) is 55.6 Å². The van der Waals surface area contributed by atoms with Gasteiger partial charge in [0.2, 0.25) is 6.41 Å². The SMILES string of the molecule is Cc1cc(-c2ncnc3[nH]c(-c4cnn5c4CN(C(O)OC(C)(C)C)CC5)cc23)ccc1CNC(=O)c1cnc(C(C)(C)C)s1. The molecule has 3 N–H and O–H groups in total. The van der Waals surface area contributed by atoms with Crippen LogP contribution in [0.2, 0.25) is 0 Å². The normalized spacial score (nSPS) is 14.9. The van der Waals surface area contributed by atoms with Crippen molar-refractivity contribution in [2.75, 3.05) is 6.54 Å². The van der Waals surface area contributed by atoms with Crippen LogP contribution in [-0.4, -0.2) is 64.2 Å². The molecule has 0 bridgehead atoms. The minimum atomic E-state index is -1.00. The summed E-state index contributed by atoms with van der Waals surface area (Å²) in [6, 6.07) is 8.22. The van der Waals surface area contributed by atoms with Crippen LogP contribution in [0, 0.1) is 6.92 Å². The van der Waals surface area contributed by atoms with Gasteiger partial charge in [-0.1, -0.05) is 32.9 Å². The van der Waals surface area contributed by atoms with Gasteiger partial charge in [-0.25, -0.2) is 19.9 Å². The van der Waals surface area contributed by atoms with E-state index < -0.39 is 12.0 Å². The maximum Gasteiger partial charge on any atom is 0.263 e. The summed E-state index contributed by atoms with van der Waals surface area (Å²) in [6.07, 6.45) is 4.08. The number of aromatic nitrogens is 6. The second kappa shape index (κ2) is 11.8. The Labute approximate surface area is 266 Å². The molecular weight excluding hydrogens is 588 g/mol. The Morgan fingerprint density at radius 3 is 2.62 bits per heavy atom. The van der Waals surface area contributed by atoms with E-state index in [1.54, 1.807) is 12.5 Å². The molecule has 0 spiro atoms. The summed E-state index contributed by atoms with van der Waals surface area (Å²) >= 11 is 1.43. The molecule has 0 aliphatic carbocycles. The van der Waals surface area contributed by atoms with Crippen molar-refractivity contribution >= 4 is 28.3 Å². The van der Waals surface area contributed by atoms with E-state index in [0.29, 0.717) is 31.1 Å². The molecule has 1 aliphatic rings. The number of hydrogen-bond acceptors (Lipinski definition) is 9. The number of H-pyrrole nitrogens is 1. The van der Waals surface area contributed by atoms with Crippen LogP contribution in [0.3, 0.4) is 0 Å². The summed E-state index contributed by atoms with van der Waals surface area (Å²) in [4.78, 5) is 32.4. The van der Waals surface area contributed by atoms with Crippen molar-refractivity contribution in [2.24, 2.45) is 0 Å². The minimum absolute atomic E-state index is 0.0905. The summed E-state index contributed by atoms with van der Waals surface area (Å²) in [6.45, 7) is 16.3. The van der Waals surface area contributed by atoms with Gasteiger partial charge >= 0.3 is 0 Å². The summed E-state index contributed by atoms with van der Waals surface area (Å²) in [7, 11) is 0. The monoisotopic (exact) mass is 628 g/mol. The highest BCUT2D eigenvalue weighted by atomic mass is 32.1. The Bertz CT molecular complexity index is 1860. The maximum absolute atomic E-state index is 12.8. The Morgan fingerprint density at radius 2 is 1.91 bits per heavy atom. The number of rotatable bonds is 7. The number of hydrogen-bond donors (Lipinski definition) is 3. The van der Waals surface area contributed by atoms with Gasteiger partial charge in [-0.05, 0) is 51.0 Å². The van der Waals surface area contributed by atoms with Crippen LogP contribution in [0.15, 0.2) is 43.0 Å². The highest BCUT2D eigenvalue weighted by Crippen LogP contribution is 2.34. The molecule has 6 rings (SSSR count). The first-order valence-electron chi connectivity index (χ1n) is 15.1. The largest absolute Gasteiger partial charge is 0.356 e. The Morgan fingerprint density at radius 1 is 1.11 bits per heavy atom. The van der Waals surface area contributed by atoms with Gasteiger partial charge in [-0.2, -0.15) is 5.10 Å². The fraction of sp³-hybridized carbons (Fsp3) is 0.424. The van der Waals surface area contributed by atoms with Gasteiger partial charge < -0.3 is 20.1 Å². The molecule has 1 unspecified atom stereocenters. The van der Waals surface area contributed by atoms with E-state index in [9.17, 15) is 9.90 Å². The molecule has 11 nitrogen and oxygen atoms in total. The number of amides is 1. The summed E-state index contributed by atoms with van der Waals surface area (Å²) in [5.74, 6) is -0.120. The quantitative estimate of drug-likeness (QED) is 0.204. The number of fused-ring (bicyclic) bond motifs is 2. The fourth-order valence-corrected chi connectivity index (χ4v) is 6.30. The lowest BCUT2D eigenvalue weighted by Gasteiger charge is -2.35. The topological polar surface area (TPSA) is 134 Å². The van der Waals surface area contributed by atoms with Crippen LogP contribution in [0.5, 0.6) is 0 Å². The molecule has 4 aromatic heterocycles.